The van der Waals surface area contributed by atoms with Crippen molar-refractivity contribution in [2.75, 3.05) is 5.12 Å². The molecular formula is C11H10N4O6. The molecule has 0 atom stereocenters. The first-order valence-electron chi connectivity index (χ1n) is 5.56. The molecule has 21 heavy (non-hydrogen) atoms. The topological polar surface area (TPSA) is 152 Å². The van der Waals surface area contributed by atoms with E-state index in [1.165, 1.54) is 0 Å². The van der Waals surface area contributed by atoms with Crippen LogP contribution in [0.3, 0.4) is 0 Å². The highest BCUT2D eigenvalue weighted by molar-refractivity contribution is 6.06. The number of rotatable bonds is 4. The molecular weight excluding hydrogens is 284 g/mol. The minimum absolute atomic E-state index is 0.274. The predicted molar refractivity (Wildman–Crippen MR) is 69.2 cm³/mol. The van der Waals surface area contributed by atoms with Gasteiger partial charge in [-0.1, -0.05) is 0 Å². The summed E-state index contributed by atoms with van der Waals surface area (Å²) in [5.41, 5.74) is 3.31. The van der Waals surface area contributed by atoms with E-state index in [1.54, 1.807) is 6.92 Å². The minimum atomic E-state index is -1.47. The van der Waals surface area contributed by atoms with Gasteiger partial charge in [0.15, 0.2) is 0 Å². The molecule has 0 bridgehead atoms. The van der Waals surface area contributed by atoms with Crippen LogP contribution in [0.5, 0.6) is 0 Å². The largest absolute Gasteiger partial charge is 0.478 e. The van der Waals surface area contributed by atoms with Crippen LogP contribution >= 0.6 is 0 Å². The quantitative estimate of drug-likeness (QED) is 0.514. The smallest absolute Gasteiger partial charge is 0.337 e. The first-order chi connectivity index (χ1) is 9.81. The summed E-state index contributed by atoms with van der Waals surface area (Å²) in [4.78, 5) is 33.6. The van der Waals surface area contributed by atoms with Gasteiger partial charge < -0.3 is 15.3 Å². The normalized spacial score (nSPS) is 13.6. The van der Waals surface area contributed by atoms with E-state index in [9.17, 15) is 24.6 Å². The molecule has 0 saturated carbocycles. The summed E-state index contributed by atoms with van der Waals surface area (Å²) in [7, 11) is 0. The summed E-state index contributed by atoms with van der Waals surface area (Å²) in [6.45, 7) is 1.57. The van der Waals surface area contributed by atoms with Crippen LogP contribution in [0.15, 0.2) is 17.2 Å². The van der Waals surface area contributed by atoms with Gasteiger partial charge in [-0.2, -0.15) is 5.12 Å². The van der Waals surface area contributed by atoms with Gasteiger partial charge >= 0.3 is 17.9 Å². The number of carboxylic acids is 3. The molecule has 1 heterocycles. The molecule has 1 aliphatic rings. The Hall–Kier alpha value is -3.14. The Morgan fingerprint density at radius 2 is 1.57 bits per heavy atom. The average molecular weight is 294 g/mol. The Labute approximate surface area is 117 Å². The average Bonchev–Trinajstić information content (AvgIpc) is 2.83. The molecule has 0 unspecified atom stereocenters. The number of hydrogen-bond acceptors (Lipinski definition) is 7. The zero-order valence-corrected chi connectivity index (χ0v) is 10.6. The fourth-order valence-corrected chi connectivity index (χ4v) is 1.75. The van der Waals surface area contributed by atoms with Gasteiger partial charge in [0.05, 0.1) is 16.7 Å². The molecule has 2 rings (SSSR count). The van der Waals surface area contributed by atoms with E-state index >= 15 is 0 Å². The van der Waals surface area contributed by atoms with Crippen LogP contribution < -0.4 is 16.1 Å². The number of benzene rings is 1. The third kappa shape index (κ3) is 2.60. The molecule has 0 radical (unpaired) electrons. The summed E-state index contributed by atoms with van der Waals surface area (Å²) in [6.07, 6.45) is 0. The number of hydrazine groups is 2. The fraction of sp³-hybridized carbons (Fsp3) is 0.0909. The number of nitrogens with one attached hydrogen (secondary N) is 2. The van der Waals surface area contributed by atoms with E-state index in [0.29, 0.717) is 5.84 Å². The number of anilines is 1. The Morgan fingerprint density at radius 1 is 1.05 bits per heavy atom. The van der Waals surface area contributed by atoms with Crippen LogP contribution in [0.4, 0.5) is 5.69 Å². The van der Waals surface area contributed by atoms with Crippen LogP contribution in [0.25, 0.3) is 0 Å². The number of carboxylic acid groups (broad SMARTS) is 3. The Kier molecular flexibility index (Phi) is 3.46. The van der Waals surface area contributed by atoms with Crippen LogP contribution in [-0.4, -0.2) is 39.1 Å². The van der Waals surface area contributed by atoms with Gasteiger partial charge in [-0.05, 0) is 19.1 Å². The molecule has 0 spiro atoms. The summed E-state index contributed by atoms with van der Waals surface area (Å²) in [6, 6.07) is 1.74. The second kappa shape index (κ2) is 5.09. The second-order valence-electron chi connectivity index (χ2n) is 4.07. The molecule has 1 aliphatic heterocycles. The van der Waals surface area contributed by atoms with Crippen molar-refractivity contribution in [2.45, 2.75) is 6.92 Å². The standard InChI is InChI=1S/C11H10N4O6/c1-4-12-14-15(13-4)8-6(10(18)19)2-5(9(16)17)3-7(8)11(20)21/h2-3,14H,1H3,(H,12,13)(H,16,17)(H,18,19)(H,20,21). The SMILES string of the molecule is CC1=NN(c2c(C(=O)O)cc(C(=O)O)cc2C(=O)O)NN1. The van der Waals surface area contributed by atoms with Crippen LogP contribution in [0.2, 0.25) is 0 Å². The van der Waals surface area contributed by atoms with Gasteiger partial charge in [0.25, 0.3) is 0 Å². The van der Waals surface area contributed by atoms with E-state index < -0.39 is 34.6 Å². The molecule has 0 aromatic heterocycles. The molecule has 0 aliphatic carbocycles. The summed E-state index contributed by atoms with van der Waals surface area (Å²) in [5.74, 6) is -4.00. The number of hydrogen-bond donors (Lipinski definition) is 5. The van der Waals surface area contributed by atoms with E-state index in [1.807, 2.05) is 0 Å². The van der Waals surface area contributed by atoms with Gasteiger partial charge in [-0.3, -0.25) is 5.43 Å². The van der Waals surface area contributed by atoms with Crippen LogP contribution in [0, 0.1) is 0 Å². The molecule has 0 amide bonds. The van der Waals surface area contributed by atoms with Crippen molar-refractivity contribution in [3.63, 3.8) is 0 Å². The highest BCUT2D eigenvalue weighted by atomic mass is 16.4. The number of aromatic carboxylic acids is 3. The zero-order valence-electron chi connectivity index (χ0n) is 10.6. The molecule has 10 nitrogen and oxygen atoms in total. The Balaban J connectivity index is 2.73. The molecule has 110 valence electrons. The first kappa shape index (κ1) is 14.3. The third-order valence-electron chi connectivity index (χ3n) is 2.62. The van der Waals surface area contributed by atoms with Gasteiger partial charge in [0.1, 0.15) is 11.5 Å². The van der Waals surface area contributed by atoms with E-state index in [4.69, 9.17) is 5.11 Å². The van der Waals surface area contributed by atoms with Crippen molar-refractivity contribution in [2.24, 2.45) is 5.10 Å². The Bertz CT molecular complexity index is 648. The number of hydrazone groups is 1. The van der Waals surface area contributed by atoms with E-state index in [0.717, 1.165) is 17.3 Å². The summed E-state index contributed by atoms with van der Waals surface area (Å²) < 4.78 is 0. The lowest BCUT2D eigenvalue weighted by Gasteiger charge is -2.18. The van der Waals surface area contributed by atoms with E-state index in [2.05, 4.69) is 16.1 Å². The zero-order chi connectivity index (χ0) is 15.7. The molecule has 0 saturated heterocycles. The van der Waals surface area contributed by atoms with Gasteiger partial charge in [0, 0.05) is 0 Å². The lowest BCUT2D eigenvalue weighted by Crippen LogP contribution is -2.39. The maximum Gasteiger partial charge on any atom is 0.337 e. The predicted octanol–water partition coefficient (Wildman–Crippen LogP) is -0.0562. The van der Waals surface area contributed by atoms with Crippen molar-refractivity contribution in [3.05, 3.63) is 28.8 Å². The molecule has 10 heteroatoms. The van der Waals surface area contributed by atoms with Crippen LogP contribution in [0.1, 0.15) is 38.0 Å². The van der Waals surface area contributed by atoms with Crippen molar-refractivity contribution in [1.82, 2.24) is 11.0 Å². The second-order valence-corrected chi connectivity index (χ2v) is 4.07. The first-order valence-corrected chi connectivity index (χ1v) is 5.56. The van der Waals surface area contributed by atoms with Crippen LogP contribution in [-0.2, 0) is 0 Å². The highest BCUT2D eigenvalue weighted by Crippen LogP contribution is 2.28. The van der Waals surface area contributed by atoms with Crippen molar-refractivity contribution >= 4 is 29.4 Å². The Morgan fingerprint density at radius 3 is 1.90 bits per heavy atom. The monoisotopic (exact) mass is 294 g/mol. The lowest BCUT2D eigenvalue weighted by atomic mass is 10.0. The summed E-state index contributed by atoms with van der Waals surface area (Å²) in [5, 5.41) is 32.1. The third-order valence-corrected chi connectivity index (χ3v) is 2.62. The maximum atomic E-state index is 11.3. The van der Waals surface area contributed by atoms with Crippen molar-refractivity contribution < 1.29 is 29.7 Å². The fourth-order valence-electron chi connectivity index (χ4n) is 1.75. The van der Waals surface area contributed by atoms with Gasteiger partial charge in [-0.25, -0.2) is 14.4 Å². The van der Waals surface area contributed by atoms with E-state index in [-0.39, 0.29) is 5.69 Å². The van der Waals surface area contributed by atoms with Crippen molar-refractivity contribution in [1.29, 1.82) is 0 Å². The number of amidine groups is 1. The summed E-state index contributed by atoms with van der Waals surface area (Å²) >= 11 is 0. The number of carbonyl (C=O) groups is 3. The maximum absolute atomic E-state index is 11.3. The van der Waals surface area contributed by atoms with Crippen molar-refractivity contribution in [3.8, 4) is 0 Å². The molecule has 1 aromatic rings. The highest BCUT2D eigenvalue weighted by Gasteiger charge is 2.28. The van der Waals surface area contributed by atoms with Gasteiger partial charge in [-0.15, -0.1) is 10.6 Å². The number of nitrogens with zero attached hydrogens (tertiary/aromatic N) is 2. The molecule has 1 aromatic carbocycles. The van der Waals surface area contributed by atoms with Gasteiger partial charge in [0.2, 0.25) is 0 Å². The molecule has 5 N–H and O–H groups in total. The lowest BCUT2D eigenvalue weighted by molar-refractivity contribution is 0.0696. The minimum Gasteiger partial charge on any atom is -0.478 e. The molecule has 0 fully saturated rings.